The predicted octanol–water partition coefficient (Wildman–Crippen LogP) is 0.835. The van der Waals surface area contributed by atoms with Crippen LogP contribution in [0.25, 0.3) is 0 Å². The van der Waals surface area contributed by atoms with Gasteiger partial charge >= 0.3 is 0 Å². The molecule has 0 spiro atoms. The van der Waals surface area contributed by atoms with Gasteiger partial charge in [-0.25, -0.2) is 0 Å². The molecule has 1 unspecified atom stereocenters. The lowest BCUT2D eigenvalue weighted by molar-refractivity contribution is 0.0223. The molecule has 1 aliphatic rings. The zero-order chi connectivity index (χ0) is 8.39. The topological polar surface area (TPSA) is 41.5 Å². The highest BCUT2D eigenvalue weighted by molar-refractivity contribution is 5.33. The maximum Gasteiger partial charge on any atom is 0.150 e. The van der Waals surface area contributed by atoms with Gasteiger partial charge in [-0.1, -0.05) is 18.2 Å². The number of rotatable bonds is 0. The first-order chi connectivity index (χ1) is 5.86. The van der Waals surface area contributed by atoms with E-state index in [4.69, 9.17) is 4.84 Å². The fourth-order valence-electron chi connectivity index (χ4n) is 1.29. The van der Waals surface area contributed by atoms with Crippen LogP contribution < -0.4 is 10.3 Å². The molecule has 0 aliphatic carbocycles. The van der Waals surface area contributed by atoms with Crippen molar-refractivity contribution in [2.45, 2.75) is 19.1 Å². The molecule has 1 heterocycles. The van der Waals surface area contributed by atoms with Crippen LogP contribution in [0.4, 0.5) is 0 Å². The summed E-state index contributed by atoms with van der Waals surface area (Å²) in [6, 6.07) is 7.79. The Hall–Kier alpha value is -1.06. The molecule has 2 rings (SSSR count). The molecule has 0 fully saturated rings. The summed E-state index contributed by atoms with van der Waals surface area (Å²) in [5, 5.41) is 9.23. The van der Waals surface area contributed by atoms with Crippen molar-refractivity contribution in [3.05, 3.63) is 29.8 Å². The van der Waals surface area contributed by atoms with Gasteiger partial charge in [0.25, 0.3) is 0 Å². The SMILES string of the molecule is OC1CCc2ccccc2ON1. The van der Waals surface area contributed by atoms with E-state index in [1.165, 1.54) is 0 Å². The van der Waals surface area contributed by atoms with E-state index < -0.39 is 6.23 Å². The molecule has 0 saturated carbocycles. The van der Waals surface area contributed by atoms with Gasteiger partial charge in [0.15, 0.2) is 0 Å². The van der Waals surface area contributed by atoms with E-state index >= 15 is 0 Å². The third kappa shape index (κ3) is 1.42. The molecule has 12 heavy (non-hydrogen) atoms. The third-order valence-corrected chi connectivity index (χ3v) is 1.96. The van der Waals surface area contributed by atoms with Crippen LogP contribution in [0.2, 0.25) is 0 Å². The number of nitrogens with one attached hydrogen (secondary N) is 1. The fourth-order valence-corrected chi connectivity index (χ4v) is 1.29. The summed E-state index contributed by atoms with van der Waals surface area (Å²) < 4.78 is 0. The molecule has 64 valence electrons. The van der Waals surface area contributed by atoms with E-state index in [9.17, 15) is 5.11 Å². The van der Waals surface area contributed by atoms with Gasteiger partial charge < -0.3 is 9.94 Å². The van der Waals surface area contributed by atoms with E-state index in [0.717, 1.165) is 17.7 Å². The Labute approximate surface area is 70.9 Å². The number of hydrogen-bond acceptors (Lipinski definition) is 3. The summed E-state index contributed by atoms with van der Waals surface area (Å²) in [5.74, 6) is 0.814. The number of benzene rings is 1. The minimum absolute atomic E-state index is 0.558. The van der Waals surface area contributed by atoms with Gasteiger partial charge in [0, 0.05) is 0 Å². The predicted molar refractivity (Wildman–Crippen MR) is 44.5 cm³/mol. The maximum atomic E-state index is 9.23. The Bertz CT molecular complexity index is 248. The highest BCUT2D eigenvalue weighted by Crippen LogP contribution is 2.21. The van der Waals surface area contributed by atoms with Gasteiger partial charge in [-0.3, -0.25) is 0 Å². The van der Waals surface area contributed by atoms with Gasteiger partial charge in [0.05, 0.1) is 0 Å². The molecule has 3 heteroatoms. The Balaban J connectivity index is 2.26. The third-order valence-electron chi connectivity index (χ3n) is 1.96. The Morgan fingerprint density at radius 1 is 1.42 bits per heavy atom. The van der Waals surface area contributed by atoms with Crippen molar-refractivity contribution in [3.8, 4) is 5.75 Å². The van der Waals surface area contributed by atoms with E-state index in [-0.39, 0.29) is 0 Å². The van der Waals surface area contributed by atoms with Crippen LogP contribution in [0.3, 0.4) is 0 Å². The van der Waals surface area contributed by atoms with Crippen molar-refractivity contribution in [2.24, 2.45) is 0 Å². The first-order valence-electron chi connectivity index (χ1n) is 4.04. The summed E-state index contributed by atoms with van der Waals surface area (Å²) in [6.45, 7) is 0. The smallest absolute Gasteiger partial charge is 0.150 e. The van der Waals surface area contributed by atoms with Crippen LogP contribution in [-0.2, 0) is 6.42 Å². The average Bonchev–Trinajstić information content (AvgIpc) is 2.29. The summed E-state index contributed by atoms with van der Waals surface area (Å²) in [4.78, 5) is 5.16. The van der Waals surface area contributed by atoms with Gasteiger partial charge in [-0.05, 0) is 24.5 Å². The molecule has 2 N–H and O–H groups in total. The van der Waals surface area contributed by atoms with Crippen molar-refractivity contribution in [2.75, 3.05) is 0 Å². The molecule has 0 aromatic heterocycles. The van der Waals surface area contributed by atoms with Crippen LogP contribution in [-0.4, -0.2) is 11.3 Å². The Morgan fingerprint density at radius 3 is 3.17 bits per heavy atom. The van der Waals surface area contributed by atoms with Crippen LogP contribution in [0.1, 0.15) is 12.0 Å². The Morgan fingerprint density at radius 2 is 2.25 bits per heavy atom. The van der Waals surface area contributed by atoms with Crippen molar-refractivity contribution < 1.29 is 9.94 Å². The van der Waals surface area contributed by atoms with Crippen molar-refractivity contribution in [1.29, 1.82) is 0 Å². The number of hydrogen-bond donors (Lipinski definition) is 2. The highest BCUT2D eigenvalue weighted by atomic mass is 16.7. The second-order valence-electron chi connectivity index (χ2n) is 2.88. The van der Waals surface area contributed by atoms with Crippen LogP contribution in [0, 0.1) is 0 Å². The van der Waals surface area contributed by atoms with E-state index in [2.05, 4.69) is 5.48 Å². The monoisotopic (exact) mass is 165 g/mol. The second kappa shape index (κ2) is 3.13. The van der Waals surface area contributed by atoms with Crippen molar-refractivity contribution >= 4 is 0 Å². The largest absolute Gasteiger partial charge is 0.406 e. The lowest BCUT2D eigenvalue weighted by Crippen LogP contribution is -2.30. The molecule has 3 nitrogen and oxygen atoms in total. The number of aliphatic hydroxyl groups excluding tert-OH is 1. The molecule has 1 atom stereocenters. The highest BCUT2D eigenvalue weighted by Gasteiger charge is 2.12. The maximum absolute atomic E-state index is 9.23. The van der Waals surface area contributed by atoms with Gasteiger partial charge in [-0.2, -0.15) is 0 Å². The average molecular weight is 165 g/mol. The normalized spacial score (nSPS) is 22.2. The van der Waals surface area contributed by atoms with Crippen LogP contribution >= 0.6 is 0 Å². The number of para-hydroxylation sites is 1. The molecule has 1 aromatic rings. The lowest BCUT2D eigenvalue weighted by Gasteiger charge is -2.07. The summed E-state index contributed by atoms with van der Waals surface area (Å²) in [7, 11) is 0. The minimum Gasteiger partial charge on any atom is -0.406 e. The van der Waals surface area contributed by atoms with Crippen molar-refractivity contribution in [3.63, 3.8) is 0 Å². The summed E-state index contributed by atoms with van der Waals surface area (Å²) in [5.41, 5.74) is 3.70. The molecule has 0 bridgehead atoms. The quantitative estimate of drug-likeness (QED) is 0.598. The van der Waals surface area contributed by atoms with Crippen LogP contribution in [0.15, 0.2) is 24.3 Å². The zero-order valence-electron chi connectivity index (χ0n) is 6.66. The number of fused-ring (bicyclic) bond motifs is 1. The molecule has 1 aliphatic heterocycles. The molecule has 0 saturated heterocycles. The molecule has 0 radical (unpaired) electrons. The Kier molecular flexibility index (Phi) is 1.98. The van der Waals surface area contributed by atoms with Gasteiger partial charge in [0.1, 0.15) is 12.0 Å². The van der Waals surface area contributed by atoms with Gasteiger partial charge in [-0.15, -0.1) is 5.48 Å². The lowest BCUT2D eigenvalue weighted by atomic mass is 10.1. The molecule has 0 amide bonds. The molecular formula is C9H11NO2. The van der Waals surface area contributed by atoms with Crippen LogP contribution in [0.5, 0.6) is 5.75 Å². The zero-order valence-corrected chi connectivity index (χ0v) is 6.66. The first kappa shape index (κ1) is 7.58. The number of aryl methyl sites for hydroxylation is 1. The van der Waals surface area contributed by atoms with E-state index in [1.807, 2.05) is 24.3 Å². The summed E-state index contributed by atoms with van der Waals surface area (Å²) in [6.07, 6.45) is 0.985. The van der Waals surface area contributed by atoms with Crippen molar-refractivity contribution in [1.82, 2.24) is 5.48 Å². The molecular weight excluding hydrogens is 154 g/mol. The summed E-state index contributed by atoms with van der Waals surface area (Å²) >= 11 is 0. The second-order valence-corrected chi connectivity index (χ2v) is 2.88. The van der Waals surface area contributed by atoms with E-state index in [1.54, 1.807) is 0 Å². The first-order valence-corrected chi connectivity index (χ1v) is 4.04. The molecule has 1 aromatic carbocycles. The standard InChI is InChI=1S/C9H11NO2/c11-9-6-5-7-3-1-2-4-8(7)12-10-9/h1-4,9-11H,5-6H2. The fraction of sp³-hybridized carbons (Fsp3) is 0.333. The minimum atomic E-state index is -0.558. The van der Waals surface area contributed by atoms with E-state index in [0.29, 0.717) is 6.42 Å². The van der Waals surface area contributed by atoms with Gasteiger partial charge in [0.2, 0.25) is 0 Å². The number of hydroxylamine groups is 1. The number of aliphatic hydroxyl groups is 1.